The number of nitrogens with zero attached hydrogens (tertiary/aromatic N) is 3. The molecule has 0 saturated carbocycles. The summed E-state index contributed by atoms with van der Waals surface area (Å²) in [7, 11) is 0. The van der Waals surface area contributed by atoms with E-state index >= 15 is 0 Å². The van der Waals surface area contributed by atoms with Crippen molar-refractivity contribution in [2.45, 2.75) is 19.6 Å². The Morgan fingerprint density at radius 1 is 1.04 bits per heavy atom. The molecule has 0 bridgehead atoms. The monoisotopic (exact) mass is 373 g/mol. The van der Waals surface area contributed by atoms with Crippen LogP contribution in [-0.2, 0) is 19.6 Å². The Kier molecular flexibility index (Phi) is 6.39. The van der Waals surface area contributed by atoms with Crippen LogP contribution in [0.3, 0.4) is 0 Å². The molecule has 0 saturated heterocycles. The van der Waals surface area contributed by atoms with E-state index in [0.717, 1.165) is 5.56 Å². The maximum Gasteiger partial charge on any atom is 0.129 e. The van der Waals surface area contributed by atoms with E-state index in [2.05, 4.69) is 17.2 Å². The van der Waals surface area contributed by atoms with Gasteiger partial charge >= 0.3 is 0 Å². The fourth-order valence-electron chi connectivity index (χ4n) is 2.87. The molecule has 0 unspecified atom stereocenters. The van der Waals surface area contributed by atoms with E-state index < -0.39 is 0 Å². The van der Waals surface area contributed by atoms with Crippen LogP contribution in [0.4, 0.5) is 4.39 Å². The minimum atomic E-state index is -0.333. The van der Waals surface area contributed by atoms with E-state index in [9.17, 15) is 9.50 Å². The highest BCUT2D eigenvalue weighted by Crippen LogP contribution is 2.21. The summed E-state index contributed by atoms with van der Waals surface area (Å²) in [5, 5.41) is 14.1. The van der Waals surface area contributed by atoms with Gasteiger partial charge in [-0.05, 0) is 17.7 Å². The minimum Gasteiger partial charge on any atom is -0.395 e. The molecule has 1 N–H and O–H groups in total. The molecule has 6 heteroatoms. The zero-order chi connectivity index (χ0) is 18.4. The SMILES string of the molecule is OCCN(Cc1cnn(Cc2ccccc2)c1)Cc1c(F)cccc1Cl. The summed E-state index contributed by atoms with van der Waals surface area (Å²) in [6, 6.07) is 14.8. The van der Waals surface area contributed by atoms with Gasteiger partial charge in [0.05, 0.1) is 19.3 Å². The lowest BCUT2D eigenvalue weighted by atomic mass is 10.2. The molecule has 0 atom stereocenters. The maximum absolute atomic E-state index is 14.0. The molecule has 3 rings (SSSR count). The molecule has 0 aliphatic rings. The molecule has 4 nitrogen and oxygen atoms in total. The highest BCUT2D eigenvalue weighted by Gasteiger charge is 2.14. The molecule has 0 aliphatic heterocycles. The lowest BCUT2D eigenvalue weighted by Gasteiger charge is -2.21. The minimum absolute atomic E-state index is 0.00970. The van der Waals surface area contributed by atoms with Gasteiger partial charge in [-0.1, -0.05) is 48.0 Å². The zero-order valence-corrected chi connectivity index (χ0v) is 15.1. The van der Waals surface area contributed by atoms with Crippen LogP contribution in [0.15, 0.2) is 60.9 Å². The first-order valence-corrected chi connectivity index (χ1v) is 8.85. The van der Waals surface area contributed by atoms with Gasteiger partial charge in [0.1, 0.15) is 5.82 Å². The Bertz CT molecular complexity index is 818. The van der Waals surface area contributed by atoms with Crippen LogP contribution in [-0.4, -0.2) is 32.9 Å². The molecule has 26 heavy (non-hydrogen) atoms. The van der Waals surface area contributed by atoms with Crippen LogP contribution in [0.25, 0.3) is 0 Å². The van der Waals surface area contributed by atoms with Gasteiger partial charge in [-0.3, -0.25) is 9.58 Å². The predicted molar refractivity (Wildman–Crippen MR) is 100 cm³/mol. The number of rotatable bonds is 8. The topological polar surface area (TPSA) is 41.3 Å². The molecule has 0 radical (unpaired) electrons. The highest BCUT2D eigenvalue weighted by molar-refractivity contribution is 6.31. The quantitative estimate of drug-likeness (QED) is 0.654. The van der Waals surface area contributed by atoms with E-state index in [1.165, 1.54) is 11.6 Å². The van der Waals surface area contributed by atoms with Crippen molar-refractivity contribution in [2.24, 2.45) is 0 Å². The van der Waals surface area contributed by atoms with Gasteiger partial charge in [0.25, 0.3) is 0 Å². The first-order valence-electron chi connectivity index (χ1n) is 8.47. The van der Waals surface area contributed by atoms with Crippen LogP contribution in [0, 0.1) is 5.82 Å². The van der Waals surface area contributed by atoms with Gasteiger partial charge in [-0.25, -0.2) is 4.39 Å². The van der Waals surface area contributed by atoms with Gasteiger partial charge in [0, 0.05) is 42.0 Å². The van der Waals surface area contributed by atoms with E-state index in [1.807, 2.05) is 34.0 Å². The van der Waals surface area contributed by atoms with Gasteiger partial charge < -0.3 is 5.11 Å². The van der Waals surface area contributed by atoms with Crippen molar-refractivity contribution in [2.75, 3.05) is 13.2 Å². The highest BCUT2D eigenvalue weighted by atomic mass is 35.5. The third-order valence-corrected chi connectivity index (χ3v) is 4.49. The first-order chi connectivity index (χ1) is 12.7. The largest absolute Gasteiger partial charge is 0.395 e. The lowest BCUT2D eigenvalue weighted by molar-refractivity contribution is 0.183. The number of halogens is 2. The summed E-state index contributed by atoms with van der Waals surface area (Å²) in [4.78, 5) is 1.95. The van der Waals surface area contributed by atoms with Crippen molar-refractivity contribution in [1.82, 2.24) is 14.7 Å². The third-order valence-electron chi connectivity index (χ3n) is 4.14. The van der Waals surface area contributed by atoms with Crippen molar-refractivity contribution in [1.29, 1.82) is 0 Å². The lowest BCUT2D eigenvalue weighted by Crippen LogP contribution is -2.26. The molecule has 0 amide bonds. The second-order valence-corrected chi connectivity index (χ2v) is 6.57. The van der Waals surface area contributed by atoms with Crippen LogP contribution < -0.4 is 0 Å². The van der Waals surface area contributed by atoms with Crippen molar-refractivity contribution >= 4 is 11.6 Å². The molecular formula is C20H21ClFN3O. The summed E-state index contributed by atoms with van der Waals surface area (Å²) in [5.74, 6) is -0.333. The summed E-state index contributed by atoms with van der Waals surface area (Å²) in [6.45, 7) is 1.99. The second kappa shape index (κ2) is 8.94. The standard InChI is InChI=1S/C20H21ClFN3O/c21-19-7-4-8-20(22)18(19)15-24(9-10-26)12-17-11-23-25(14-17)13-16-5-2-1-3-6-16/h1-8,11,14,26H,9-10,12-13,15H2. The summed E-state index contributed by atoms with van der Waals surface area (Å²) in [6.07, 6.45) is 3.77. The Balaban J connectivity index is 1.68. The van der Waals surface area contributed by atoms with E-state index in [0.29, 0.717) is 36.8 Å². The molecule has 136 valence electrons. The van der Waals surface area contributed by atoms with Crippen molar-refractivity contribution in [3.05, 3.63) is 88.5 Å². The van der Waals surface area contributed by atoms with E-state index in [-0.39, 0.29) is 12.4 Å². The average Bonchev–Trinajstić information content (AvgIpc) is 3.06. The molecular weight excluding hydrogens is 353 g/mol. The van der Waals surface area contributed by atoms with Crippen LogP contribution in [0.1, 0.15) is 16.7 Å². The molecule has 1 aromatic heterocycles. The van der Waals surface area contributed by atoms with Crippen LogP contribution in [0.2, 0.25) is 5.02 Å². The van der Waals surface area contributed by atoms with Gasteiger partial charge in [0.15, 0.2) is 0 Å². The Morgan fingerprint density at radius 3 is 2.58 bits per heavy atom. The summed E-state index contributed by atoms with van der Waals surface area (Å²) < 4.78 is 15.9. The molecule has 0 aliphatic carbocycles. The smallest absolute Gasteiger partial charge is 0.129 e. The van der Waals surface area contributed by atoms with Crippen molar-refractivity contribution in [3.63, 3.8) is 0 Å². The molecule has 2 aromatic carbocycles. The summed E-state index contributed by atoms with van der Waals surface area (Å²) >= 11 is 6.13. The molecule has 1 heterocycles. The normalized spacial score (nSPS) is 11.2. The van der Waals surface area contributed by atoms with E-state index in [4.69, 9.17) is 11.6 Å². The Labute approximate surface area is 157 Å². The number of hydrogen-bond acceptors (Lipinski definition) is 3. The third kappa shape index (κ3) is 4.91. The van der Waals surface area contributed by atoms with Crippen molar-refractivity contribution < 1.29 is 9.50 Å². The Hall–Kier alpha value is -2.21. The average molecular weight is 374 g/mol. The number of aliphatic hydroxyl groups excluding tert-OH is 1. The van der Waals surface area contributed by atoms with Crippen LogP contribution >= 0.6 is 11.6 Å². The Morgan fingerprint density at radius 2 is 1.85 bits per heavy atom. The number of aromatic nitrogens is 2. The fourth-order valence-corrected chi connectivity index (χ4v) is 3.09. The van der Waals surface area contributed by atoms with Crippen LogP contribution in [0.5, 0.6) is 0 Å². The fraction of sp³-hybridized carbons (Fsp3) is 0.250. The molecule has 3 aromatic rings. The van der Waals surface area contributed by atoms with Gasteiger partial charge in [-0.2, -0.15) is 5.10 Å². The number of benzene rings is 2. The maximum atomic E-state index is 14.0. The second-order valence-electron chi connectivity index (χ2n) is 6.17. The summed E-state index contributed by atoms with van der Waals surface area (Å²) in [5.41, 5.74) is 2.62. The molecule has 0 spiro atoms. The number of aliphatic hydroxyl groups is 1. The van der Waals surface area contributed by atoms with Crippen molar-refractivity contribution in [3.8, 4) is 0 Å². The zero-order valence-electron chi connectivity index (χ0n) is 14.4. The van der Waals surface area contributed by atoms with Gasteiger partial charge in [-0.15, -0.1) is 0 Å². The predicted octanol–water partition coefficient (Wildman–Crippen LogP) is 3.72. The van der Waals surface area contributed by atoms with Gasteiger partial charge in [0.2, 0.25) is 0 Å². The first kappa shape index (κ1) is 18.6. The number of hydrogen-bond donors (Lipinski definition) is 1. The molecule has 0 fully saturated rings. The van der Waals surface area contributed by atoms with E-state index in [1.54, 1.807) is 18.3 Å².